The number of phenols is 1. The summed E-state index contributed by atoms with van der Waals surface area (Å²) in [6, 6.07) is 8.71. The number of unbranched alkanes of at least 4 members (excludes halogenated alkanes) is 1. The Kier molecular flexibility index (Phi) is 12.8. The zero-order valence-electron chi connectivity index (χ0n) is 11.0. The van der Waals surface area contributed by atoms with E-state index in [0.29, 0.717) is 12.3 Å². The normalized spacial score (nSPS) is 9.63. The average Bonchev–Trinajstić information content (AvgIpc) is 2.30. The molecule has 0 unspecified atom stereocenters. The summed E-state index contributed by atoms with van der Waals surface area (Å²) in [4.78, 5) is 3.92. The lowest BCUT2D eigenvalue weighted by Gasteiger charge is -2.00. The Morgan fingerprint density at radius 2 is 1.89 bits per heavy atom. The second-order valence-electron chi connectivity index (χ2n) is 3.49. The summed E-state index contributed by atoms with van der Waals surface area (Å²) in [5.41, 5.74) is 10.3. The van der Waals surface area contributed by atoms with Crippen LogP contribution in [0.15, 0.2) is 35.3 Å². The maximum absolute atomic E-state index is 8.63. The molecule has 0 saturated heterocycles. The number of nitrogens with one attached hydrogen (secondary N) is 2. The van der Waals surface area contributed by atoms with Crippen molar-refractivity contribution in [3.05, 3.63) is 30.3 Å². The number of para-hydroxylation sites is 1. The quantitative estimate of drug-likeness (QED) is 0.328. The van der Waals surface area contributed by atoms with E-state index in [9.17, 15) is 0 Å². The fourth-order valence-electron chi connectivity index (χ4n) is 0.963. The van der Waals surface area contributed by atoms with Crippen LogP contribution in [0.1, 0.15) is 19.8 Å². The second-order valence-corrected chi connectivity index (χ2v) is 3.49. The van der Waals surface area contributed by atoms with Gasteiger partial charge in [0.1, 0.15) is 5.75 Å². The number of guanidine groups is 2. The first-order valence-electron chi connectivity index (χ1n) is 5.71. The molecule has 0 heterocycles. The Hall–Kier alpha value is -1.95. The molecular formula is C12H22ClN5O. The van der Waals surface area contributed by atoms with Gasteiger partial charge in [-0.1, -0.05) is 31.5 Å². The number of aliphatic imine (C=N–C) groups is 1. The molecule has 19 heavy (non-hydrogen) atoms. The Balaban J connectivity index is 0. The van der Waals surface area contributed by atoms with Gasteiger partial charge < -0.3 is 16.6 Å². The van der Waals surface area contributed by atoms with Crippen molar-refractivity contribution in [1.82, 2.24) is 5.32 Å². The van der Waals surface area contributed by atoms with Crippen LogP contribution in [0, 0.1) is 5.41 Å². The van der Waals surface area contributed by atoms with E-state index in [-0.39, 0.29) is 24.3 Å². The number of benzene rings is 1. The van der Waals surface area contributed by atoms with E-state index in [1.54, 1.807) is 24.3 Å². The summed E-state index contributed by atoms with van der Waals surface area (Å²) < 4.78 is 0. The van der Waals surface area contributed by atoms with E-state index in [0.717, 1.165) is 12.8 Å². The van der Waals surface area contributed by atoms with Crippen molar-refractivity contribution in [3.63, 3.8) is 0 Å². The predicted molar refractivity (Wildman–Crippen MR) is 81.8 cm³/mol. The minimum Gasteiger partial charge on any atom is -0.508 e. The molecule has 1 aromatic rings. The molecule has 1 rings (SSSR count). The molecule has 0 saturated carbocycles. The topological polar surface area (TPSA) is 121 Å². The predicted octanol–water partition coefficient (Wildman–Crippen LogP) is 1.40. The Labute approximate surface area is 119 Å². The Bertz CT molecular complexity index is 370. The maximum atomic E-state index is 8.63. The lowest BCUT2D eigenvalue weighted by Crippen LogP contribution is -2.40. The largest absolute Gasteiger partial charge is 0.508 e. The molecule has 6 nitrogen and oxygen atoms in total. The van der Waals surface area contributed by atoms with E-state index >= 15 is 0 Å². The minimum absolute atomic E-state index is 0. The first kappa shape index (κ1) is 19.4. The van der Waals surface area contributed by atoms with E-state index in [4.69, 9.17) is 22.0 Å². The van der Waals surface area contributed by atoms with E-state index in [1.807, 2.05) is 6.07 Å². The summed E-state index contributed by atoms with van der Waals surface area (Å²) >= 11 is 0. The van der Waals surface area contributed by atoms with Crippen LogP contribution in [0.25, 0.3) is 0 Å². The van der Waals surface area contributed by atoms with Gasteiger partial charge in [-0.15, -0.1) is 12.4 Å². The molecule has 0 atom stereocenters. The van der Waals surface area contributed by atoms with Crippen molar-refractivity contribution >= 4 is 24.3 Å². The van der Waals surface area contributed by atoms with Crippen LogP contribution in [0.3, 0.4) is 0 Å². The van der Waals surface area contributed by atoms with Gasteiger partial charge in [-0.05, 0) is 18.6 Å². The number of nitrogens with two attached hydrogens (primary N) is 2. The van der Waals surface area contributed by atoms with Gasteiger partial charge in [0.25, 0.3) is 0 Å². The van der Waals surface area contributed by atoms with Crippen LogP contribution in [-0.4, -0.2) is 23.6 Å². The molecule has 0 fully saturated rings. The third kappa shape index (κ3) is 14.0. The number of halogens is 1. The summed E-state index contributed by atoms with van der Waals surface area (Å²) in [7, 11) is 0. The van der Waals surface area contributed by atoms with Gasteiger partial charge in [0.05, 0.1) is 0 Å². The SMILES string of the molecule is CCCCN=C(N)NC(=N)N.Cl.Oc1ccccc1. The molecule has 0 spiro atoms. The molecule has 1 aromatic carbocycles. The molecule has 0 aliphatic carbocycles. The standard InChI is InChI=1S/C6H15N5.C6H6O.ClH/c1-2-3-4-10-6(9)11-5(7)8;7-6-4-2-1-3-5-6;/h2-4H2,1H3,(H6,7,8,9,10,11);1-5,7H;1H. The van der Waals surface area contributed by atoms with E-state index < -0.39 is 0 Å². The summed E-state index contributed by atoms with van der Waals surface area (Å²) in [5, 5.41) is 17.8. The van der Waals surface area contributed by atoms with Crippen LogP contribution in [0.4, 0.5) is 0 Å². The Morgan fingerprint density at radius 3 is 2.26 bits per heavy atom. The summed E-state index contributed by atoms with van der Waals surface area (Å²) in [5.74, 6) is 0.358. The zero-order valence-corrected chi connectivity index (χ0v) is 11.8. The third-order valence-electron chi connectivity index (χ3n) is 1.81. The highest BCUT2D eigenvalue weighted by Gasteiger charge is 1.90. The molecular weight excluding hydrogens is 266 g/mol. The number of nitrogens with zero attached hydrogens (tertiary/aromatic N) is 1. The highest BCUT2D eigenvalue weighted by molar-refractivity contribution is 5.95. The first-order valence-corrected chi connectivity index (χ1v) is 5.71. The van der Waals surface area contributed by atoms with E-state index in [2.05, 4.69) is 17.2 Å². The molecule has 0 aliphatic rings. The molecule has 0 bridgehead atoms. The van der Waals surface area contributed by atoms with Crippen molar-refractivity contribution in [3.8, 4) is 5.75 Å². The number of aromatic hydroxyl groups is 1. The lowest BCUT2D eigenvalue weighted by atomic mass is 10.3. The smallest absolute Gasteiger partial charge is 0.195 e. The van der Waals surface area contributed by atoms with E-state index in [1.165, 1.54) is 0 Å². The Morgan fingerprint density at radius 1 is 1.32 bits per heavy atom. The molecule has 7 heteroatoms. The van der Waals surface area contributed by atoms with Crippen molar-refractivity contribution in [1.29, 1.82) is 5.41 Å². The second kappa shape index (κ2) is 12.5. The molecule has 7 N–H and O–H groups in total. The van der Waals surface area contributed by atoms with Gasteiger partial charge in [0.15, 0.2) is 11.9 Å². The summed E-state index contributed by atoms with van der Waals surface area (Å²) in [6.07, 6.45) is 2.08. The number of rotatable bonds is 3. The van der Waals surface area contributed by atoms with Gasteiger partial charge in [-0.3, -0.25) is 15.7 Å². The molecule has 0 radical (unpaired) electrons. The van der Waals surface area contributed by atoms with Gasteiger partial charge in [-0.25, -0.2) is 0 Å². The summed E-state index contributed by atoms with van der Waals surface area (Å²) in [6.45, 7) is 2.76. The third-order valence-corrected chi connectivity index (χ3v) is 1.81. The van der Waals surface area contributed by atoms with Gasteiger partial charge in [0, 0.05) is 6.54 Å². The highest BCUT2D eigenvalue weighted by Crippen LogP contribution is 2.02. The average molecular weight is 288 g/mol. The van der Waals surface area contributed by atoms with Gasteiger partial charge >= 0.3 is 0 Å². The monoisotopic (exact) mass is 287 g/mol. The molecule has 0 aromatic heterocycles. The first-order chi connectivity index (χ1) is 8.56. The number of hydrogen-bond acceptors (Lipinski definition) is 3. The van der Waals surface area contributed by atoms with Crippen LogP contribution >= 0.6 is 12.4 Å². The number of hydrogen-bond donors (Lipinski definition) is 5. The van der Waals surface area contributed by atoms with Crippen LogP contribution in [0.5, 0.6) is 5.75 Å². The lowest BCUT2D eigenvalue weighted by molar-refractivity contribution is 0.475. The van der Waals surface area contributed by atoms with Gasteiger partial charge in [-0.2, -0.15) is 0 Å². The molecule has 0 amide bonds. The van der Waals surface area contributed by atoms with Crippen LogP contribution < -0.4 is 16.8 Å². The van der Waals surface area contributed by atoms with Crippen molar-refractivity contribution in [2.24, 2.45) is 16.5 Å². The fraction of sp³-hybridized carbons (Fsp3) is 0.333. The maximum Gasteiger partial charge on any atom is 0.195 e. The number of phenolic OH excluding ortho intramolecular Hbond substituents is 1. The van der Waals surface area contributed by atoms with Crippen LogP contribution in [-0.2, 0) is 0 Å². The fourth-order valence-corrected chi connectivity index (χ4v) is 0.963. The van der Waals surface area contributed by atoms with Crippen LogP contribution in [0.2, 0.25) is 0 Å². The van der Waals surface area contributed by atoms with Crippen molar-refractivity contribution in [2.75, 3.05) is 6.54 Å². The highest BCUT2D eigenvalue weighted by atomic mass is 35.5. The minimum atomic E-state index is -0.178. The molecule has 108 valence electrons. The molecule has 0 aliphatic heterocycles. The zero-order chi connectivity index (χ0) is 13.8. The van der Waals surface area contributed by atoms with Crippen molar-refractivity contribution in [2.45, 2.75) is 19.8 Å². The van der Waals surface area contributed by atoms with Crippen molar-refractivity contribution < 1.29 is 5.11 Å². The van der Waals surface area contributed by atoms with Gasteiger partial charge in [0.2, 0.25) is 0 Å².